The topological polar surface area (TPSA) is 58.1 Å². The fourth-order valence-electron chi connectivity index (χ4n) is 3.55. The molecule has 1 fully saturated rings. The predicted octanol–water partition coefficient (Wildman–Crippen LogP) is 2.76. The summed E-state index contributed by atoms with van der Waals surface area (Å²) in [7, 11) is 0. The van der Waals surface area contributed by atoms with E-state index >= 15 is 0 Å². The van der Waals surface area contributed by atoms with E-state index in [1.807, 2.05) is 18.2 Å². The summed E-state index contributed by atoms with van der Waals surface area (Å²) in [5.41, 5.74) is 8.78. The van der Waals surface area contributed by atoms with Crippen LogP contribution in [0.5, 0.6) is 0 Å². The van der Waals surface area contributed by atoms with Crippen LogP contribution in [0.15, 0.2) is 66.9 Å². The van der Waals surface area contributed by atoms with E-state index in [0.29, 0.717) is 6.54 Å². The van der Waals surface area contributed by atoms with E-state index in [2.05, 4.69) is 69.4 Å². The monoisotopic (exact) mass is 348 g/mol. The number of carbonyl (C=O) groups is 1. The van der Waals surface area contributed by atoms with Gasteiger partial charge in [0.15, 0.2) is 0 Å². The van der Waals surface area contributed by atoms with Crippen molar-refractivity contribution in [3.63, 3.8) is 0 Å². The first-order chi connectivity index (χ1) is 12.8. The van der Waals surface area contributed by atoms with Gasteiger partial charge in [0.05, 0.1) is 0 Å². The molecule has 0 spiro atoms. The van der Waals surface area contributed by atoms with Crippen LogP contribution in [-0.2, 0) is 11.3 Å². The van der Waals surface area contributed by atoms with Crippen LogP contribution in [0.3, 0.4) is 0 Å². The van der Waals surface area contributed by atoms with Crippen LogP contribution in [-0.4, -0.2) is 23.1 Å². The van der Waals surface area contributed by atoms with Gasteiger partial charge >= 0.3 is 0 Å². The van der Waals surface area contributed by atoms with E-state index in [0.717, 1.165) is 19.4 Å². The molecular weight excluding hydrogens is 324 g/mol. The van der Waals surface area contributed by atoms with Crippen LogP contribution in [0.2, 0.25) is 0 Å². The van der Waals surface area contributed by atoms with Gasteiger partial charge in [0, 0.05) is 30.8 Å². The third-order valence-corrected chi connectivity index (χ3v) is 4.98. The molecule has 1 amide bonds. The number of carbonyl (C=O) groups excluding carboxylic acids is 1. The van der Waals surface area contributed by atoms with Crippen LogP contribution in [0.25, 0.3) is 10.9 Å². The Labute approximate surface area is 153 Å². The Morgan fingerprint density at radius 2 is 1.85 bits per heavy atom. The summed E-state index contributed by atoms with van der Waals surface area (Å²) in [6.07, 6.45) is 3.78. The lowest BCUT2D eigenvalue weighted by molar-refractivity contribution is -0.122. The van der Waals surface area contributed by atoms with Gasteiger partial charge in [-0.05, 0) is 35.9 Å². The highest BCUT2D eigenvalue weighted by molar-refractivity contribution is 5.82. The molecule has 0 bridgehead atoms. The van der Waals surface area contributed by atoms with Crippen molar-refractivity contribution in [2.45, 2.75) is 31.5 Å². The standard InChI is InChI=1S/C21H24N4O/c26-21(19-15-18(23-24-19)16-7-2-1-3-8-16)22-12-6-13-25-14-11-17-9-4-5-10-20(17)25/h1-5,7-11,14,18-19,23-24H,6,12-13,15H2,(H,22,26). The highest BCUT2D eigenvalue weighted by Crippen LogP contribution is 2.21. The molecule has 0 saturated carbocycles. The summed E-state index contributed by atoms with van der Waals surface area (Å²) < 4.78 is 2.24. The van der Waals surface area contributed by atoms with Gasteiger partial charge in [0.2, 0.25) is 5.91 Å². The van der Waals surface area contributed by atoms with Gasteiger partial charge in [-0.2, -0.15) is 0 Å². The number of hydrazine groups is 1. The van der Waals surface area contributed by atoms with Gasteiger partial charge in [-0.3, -0.25) is 4.79 Å². The Hall–Kier alpha value is -2.63. The minimum Gasteiger partial charge on any atom is -0.355 e. The second-order valence-electron chi connectivity index (χ2n) is 6.75. The van der Waals surface area contributed by atoms with E-state index in [-0.39, 0.29) is 18.0 Å². The fourth-order valence-corrected chi connectivity index (χ4v) is 3.55. The summed E-state index contributed by atoms with van der Waals surface area (Å²) in [4.78, 5) is 12.4. The SMILES string of the molecule is O=C(NCCCn1ccc2ccccc21)C1CC(c2ccccc2)NN1. The van der Waals surface area contributed by atoms with Crippen LogP contribution >= 0.6 is 0 Å². The Kier molecular flexibility index (Phi) is 5.00. The molecule has 1 aliphatic heterocycles. The minimum absolute atomic E-state index is 0.0632. The lowest BCUT2D eigenvalue weighted by Gasteiger charge is -2.11. The summed E-state index contributed by atoms with van der Waals surface area (Å²) in [5, 5.41) is 4.31. The average Bonchev–Trinajstić information content (AvgIpc) is 3.33. The van der Waals surface area contributed by atoms with E-state index in [1.54, 1.807) is 0 Å². The van der Waals surface area contributed by atoms with Crippen molar-refractivity contribution in [3.8, 4) is 0 Å². The number of benzene rings is 2. The van der Waals surface area contributed by atoms with Gasteiger partial charge in [-0.1, -0.05) is 48.5 Å². The van der Waals surface area contributed by atoms with Gasteiger partial charge in [-0.25, -0.2) is 10.9 Å². The summed E-state index contributed by atoms with van der Waals surface area (Å²) >= 11 is 0. The molecular formula is C21H24N4O. The molecule has 4 rings (SSSR count). The summed E-state index contributed by atoms with van der Waals surface area (Å²) in [6.45, 7) is 1.58. The molecule has 1 saturated heterocycles. The molecule has 1 aromatic heterocycles. The average molecular weight is 348 g/mol. The maximum atomic E-state index is 12.4. The number of hydrogen-bond donors (Lipinski definition) is 3. The van der Waals surface area contributed by atoms with Crippen molar-refractivity contribution in [3.05, 3.63) is 72.4 Å². The van der Waals surface area contributed by atoms with E-state index in [1.165, 1.54) is 16.5 Å². The van der Waals surface area contributed by atoms with Gasteiger partial charge in [-0.15, -0.1) is 0 Å². The number of para-hydroxylation sites is 1. The Morgan fingerprint density at radius 1 is 1.04 bits per heavy atom. The molecule has 2 heterocycles. The van der Waals surface area contributed by atoms with Crippen molar-refractivity contribution in [2.75, 3.05) is 6.54 Å². The van der Waals surface area contributed by atoms with E-state index in [4.69, 9.17) is 0 Å². The van der Waals surface area contributed by atoms with E-state index in [9.17, 15) is 4.79 Å². The Bertz CT molecular complexity index is 874. The second kappa shape index (κ2) is 7.72. The molecule has 1 aliphatic rings. The van der Waals surface area contributed by atoms with Crippen molar-refractivity contribution in [1.29, 1.82) is 0 Å². The zero-order valence-electron chi connectivity index (χ0n) is 14.7. The number of aromatic nitrogens is 1. The minimum atomic E-state index is -0.187. The van der Waals surface area contributed by atoms with Crippen LogP contribution < -0.4 is 16.2 Å². The van der Waals surface area contributed by atoms with Crippen molar-refractivity contribution < 1.29 is 4.79 Å². The maximum Gasteiger partial charge on any atom is 0.238 e. The fraction of sp³-hybridized carbons (Fsp3) is 0.286. The van der Waals surface area contributed by atoms with Gasteiger partial charge in [0.25, 0.3) is 0 Å². The summed E-state index contributed by atoms with van der Waals surface area (Å²) in [6, 6.07) is 20.7. The lowest BCUT2D eigenvalue weighted by atomic mass is 10.0. The maximum absolute atomic E-state index is 12.4. The molecule has 2 atom stereocenters. The lowest BCUT2D eigenvalue weighted by Crippen LogP contribution is -2.43. The first-order valence-corrected chi connectivity index (χ1v) is 9.19. The number of nitrogens with one attached hydrogen (secondary N) is 3. The molecule has 0 radical (unpaired) electrons. The molecule has 2 aromatic carbocycles. The number of hydrogen-bond acceptors (Lipinski definition) is 3. The highest BCUT2D eigenvalue weighted by atomic mass is 16.2. The van der Waals surface area contributed by atoms with Crippen LogP contribution in [0.1, 0.15) is 24.4 Å². The van der Waals surface area contributed by atoms with Gasteiger partial charge in [0.1, 0.15) is 6.04 Å². The number of nitrogens with zero attached hydrogens (tertiary/aromatic N) is 1. The molecule has 2 unspecified atom stereocenters. The van der Waals surface area contributed by atoms with Crippen molar-refractivity contribution >= 4 is 16.8 Å². The van der Waals surface area contributed by atoms with Crippen molar-refractivity contribution in [1.82, 2.24) is 20.7 Å². The summed E-state index contributed by atoms with van der Waals surface area (Å²) in [5.74, 6) is 0.0632. The molecule has 134 valence electrons. The second-order valence-corrected chi connectivity index (χ2v) is 6.75. The van der Waals surface area contributed by atoms with Crippen LogP contribution in [0.4, 0.5) is 0 Å². The first-order valence-electron chi connectivity index (χ1n) is 9.19. The number of aryl methyl sites for hydroxylation is 1. The molecule has 3 N–H and O–H groups in total. The molecule has 5 nitrogen and oxygen atoms in total. The van der Waals surface area contributed by atoms with Gasteiger partial charge < -0.3 is 9.88 Å². The number of amides is 1. The van der Waals surface area contributed by atoms with E-state index < -0.39 is 0 Å². The zero-order valence-corrected chi connectivity index (χ0v) is 14.7. The third kappa shape index (κ3) is 3.64. The number of fused-ring (bicyclic) bond motifs is 1. The molecule has 0 aliphatic carbocycles. The smallest absolute Gasteiger partial charge is 0.238 e. The molecule has 5 heteroatoms. The van der Waals surface area contributed by atoms with Crippen molar-refractivity contribution in [2.24, 2.45) is 0 Å². The Morgan fingerprint density at radius 3 is 2.73 bits per heavy atom. The quantitative estimate of drug-likeness (QED) is 0.601. The Balaban J connectivity index is 1.23. The first kappa shape index (κ1) is 16.8. The normalized spacial score (nSPS) is 19.7. The number of rotatable bonds is 6. The predicted molar refractivity (Wildman–Crippen MR) is 103 cm³/mol. The highest BCUT2D eigenvalue weighted by Gasteiger charge is 2.29. The zero-order chi connectivity index (χ0) is 17.8. The third-order valence-electron chi connectivity index (χ3n) is 4.98. The van der Waals surface area contributed by atoms with Crippen LogP contribution in [0, 0.1) is 0 Å². The molecule has 3 aromatic rings. The largest absolute Gasteiger partial charge is 0.355 e. The molecule has 26 heavy (non-hydrogen) atoms.